The van der Waals surface area contributed by atoms with Gasteiger partial charge in [-0.25, -0.2) is 14.8 Å². The lowest BCUT2D eigenvalue weighted by Crippen LogP contribution is -2.17. The molecule has 6 nitrogen and oxygen atoms in total. The van der Waals surface area contributed by atoms with Gasteiger partial charge in [-0.2, -0.15) is 0 Å². The lowest BCUT2D eigenvalue weighted by atomic mass is 9.88. The Labute approximate surface area is 183 Å². The van der Waals surface area contributed by atoms with Gasteiger partial charge in [-0.05, 0) is 43.7 Å². The highest BCUT2D eigenvalue weighted by Gasteiger charge is 2.29. The molecule has 4 rings (SSSR count). The van der Waals surface area contributed by atoms with E-state index >= 15 is 0 Å². The molecule has 2 heterocycles. The molecule has 0 saturated heterocycles. The average molecular weight is 442 g/mol. The topological polar surface area (TPSA) is 81.2 Å². The highest BCUT2D eigenvalue weighted by atomic mass is 32.2. The van der Waals surface area contributed by atoms with Crippen LogP contribution in [0.4, 0.5) is 5.00 Å². The first-order valence-corrected chi connectivity index (χ1v) is 11.8. The summed E-state index contributed by atoms with van der Waals surface area (Å²) in [5.41, 5.74) is 2.43. The summed E-state index contributed by atoms with van der Waals surface area (Å²) >= 11 is 2.87. The lowest BCUT2D eigenvalue weighted by Gasteiger charge is -2.18. The predicted molar refractivity (Wildman–Crippen MR) is 120 cm³/mol. The van der Waals surface area contributed by atoms with Crippen molar-refractivity contribution in [2.45, 2.75) is 38.1 Å². The van der Waals surface area contributed by atoms with Crippen LogP contribution in [-0.4, -0.2) is 34.2 Å². The molecule has 3 aromatic rings. The van der Waals surface area contributed by atoms with Gasteiger partial charge in [0.05, 0.1) is 23.4 Å². The number of nitrogens with one attached hydrogen (secondary N) is 1. The lowest BCUT2D eigenvalue weighted by molar-refractivity contribution is -0.113. The molecule has 0 saturated carbocycles. The average Bonchev–Trinajstić information content (AvgIpc) is 3.09. The summed E-state index contributed by atoms with van der Waals surface area (Å²) in [6.45, 7) is 4.32. The molecule has 0 spiro atoms. The number of carbonyl (C=O) groups is 2. The van der Waals surface area contributed by atoms with Crippen molar-refractivity contribution in [2.24, 2.45) is 5.92 Å². The minimum atomic E-state index is -0.352. The number of rotatable bonds is 6. The normalized spacial score (nSPS) is 15.6. The Kier molecular flexibility index (Phi) is 6.34. The first kappa shape index (κ1) is 20.8. The van der Waals surface area contributed by atoms with Gasteiger partial charge in [0, 0.05) is 10.3 Å². The number of fused-ring (bicyclic) bond motifs is 2. The molecular formula is C22H23N3O3S2. The number of para-hydroxylation sites is 1. The van der Waals surface area contributed by atoms with Gasteiger partial charge in [0.25, 0.3) is 0 Å². The molecular weight excluding hydrogens is 418 g/mol. The number of thiophene rings is 1. The standard InChI is InChI=1S/C22H23N3O3S2/c1-3-28-22(27)19-15-9-8-13(2)10-17(15)30-21(19)25-18(26)11-29-20-14-6-4-5-7-16(14)23-12-24-20/h4-7,12-13H,3,8-11H2,1-2H3,(H,25,26)/t13-/m1/s1. The molecule has 1 aliphatic rings. The Morgan fingerprint density at radius 3 is 2.97 bits per heavy atom. The third kappa shape index (κ3) is 4.34. The van der Waals surface area contributed by atoms with Gasteiger partial charge >= 0.3 is 5.97 Å². The van der Waals surface area contributed by atoms with E-state index in [0.29, 0.717) is 23.1 Å². The Morgan fingerprint density at radius 2 is 2.13 bits per heavy atom. The van der Waals surface area contributed by atoms with Gasteiger partial charge in [-0.15, -0.1) is 11.3 Å². The molecule has 1 N–H and O–H groups in total. The molecule has 0 bridgehead atoms. The molecule has 8 heteroatoms. The quantitative estimate of drug-likeness (QED) is 0.339. The van der Waals surface area contributed by atoms with Crippen LogP contribution in [0.15, 0.2) is 35.6 Å². The van der Waals surface area contributed by atoms with Crippen molar-refractivity contribution < 1.29 is 14.3 Å². The number of hydrogen-bond donors (Lipinski definition) is 1. The molecule has 2 aromatic heterocycles. The number of benzene rings is 1. The van der Waals surface area contributed by atoms with Gasteiger partial charge in [0.15, 0.2) is 0 Å². The maximum atomic E-state index is 12.7. The van der Waals surface area contributed by atoms with Crippen molar-refractivity contribution in [1.29, 1.82) is 0 Å². The number of carbonyl (C=O) groups excluding carboxylic acids is 2. The molecule has 0 unspecified atom stereocenters. The summed E-state index contributed by atoms with van der Waals surface area (Å²) in [4.78, 5) is 35.1. The molecule has 1 aliphatic carbocycles. The maximum absolute atomic E-state index is 12.7. The zero-order chi connectivity index (χ0) is 21.1. The van der Waals surface area contributed by atoms with Crippen molar-refractivity contribution in [1.82, 2.24) is 9.97 Å². The molecule has 156 valence electrons. The molecule has 0 fully saturated rings. The fourth-order valence-corrected chi connectivity index (χ4v) is 5.85. The van der Waals surface area contributed by atoms with E-state index in [0.717, 1.165) is 40.8 Å². The van der Waals surface area contributed by atoms with Crippen LogP contribution in [0.5, 0.6) is 0 Å². The summed E-state index contributed by atoms with van der Waals surface area (Å²) in [5, 5.41) is 5.24. The minimum Gasteiger partial charge on any atom is -0.462 e. The van der Waals surface area contributed by atoms with Crippen molar-refractivity contribution in [3.05, 3.63) is 46.6 Å². The largest absolute Gasteiger partial charge is 0.462 e. The van der Waals surface area contributed by atoms with Crippen LogP contribution < -0.4 is 5.32 Å². The van der Waals surface area contributed by atoms with Gasteiger partial charge in [0.1, 0.15) is 16.4 Å². The van der Waals surface area contributed by atoms with E-state index in [-0.39, 0.29) is 17.6 Å². The summed E-state index contributed by atoms with van der Waals surface area (Å²) < 4.78 is 5.27. The monoisotopic (exact) mass is 441 g/mol. The van der Waals surface area contributed by atoms with Crippen LogP contribution in [0, 0.1) is 5.92 Å². The number of anilines is 1. The number of aromatic nitrogens is 2. The van der Waals surface area contributed by atoms with Crippen LogP contribution in [-0.2, 0) is 22.4 Å². The number of esters is 1. The van der Waals surface area contributed by atoms with Crippen molar-refractivity contribution in [2.75, 3.05) is 17.7 Å². The number of hydrogen-bond acceptors (Lipinski definition) is 7. The summed E-state index contributed by atoms with van der Waals surface area (Å²) in [5.74, 6) is 0.257. The molecule has 0 aliphatic heterocycles. The summed E-state index contributed by atoms with van der Waals surface area (Å²) in [7, 11) is 0. The first-order chi connectivity index (χ1) is 14.6. The molecule has 1 aromatic carbocycles. The number of ether oxygens (including phenoxy) is 1. The van der Waals surface area contributed by atoms with Crippen molar-refractivity contribution in [3.8, 4) is 0 Å². The van der Waals surface area contributed by atoms with E-state index in [9.17, 15) is 9.59 Å². The van der Waals surface area contributed by atoms with E-state index < -0.39 is 0 Å². The van der Waals surface area contributed by atoms with E-state index in [4.69, 9.17) is 4.74 Å². The van der Waals surface area contributed by atoms with Gasteiger partial charge < -0.3 is 10.1 Å². The van der Waals surface area contributed by atoms with E-state index in [1.165, 1.54) is 34.3 Å². The van der Waals surface area contributed by atoms with Gasteiger partial charge in [-0.3, -0.25) is 4.79 Å². The van der Waals surface area contributed by atoms with Crippen molar-refractivity contribution in [3.63, 3.8) is 0 Å². The summed E-state index contributed by atoms with van der Waals surface area (Å²) in [6.07, 6.45) is 4.33. The van der Waals surface area contributed by atoms with Crippen LogP contribution in [0.3, 0.4) is 0 Å². The molecule has 1 atom stereocenters. The number of nitrogens with zero attached hydrogens (tertiary/aromatic N) is 2. The Hall–Kier alpha value is -2.45. The Balaban J connectivity index is 1.52. The highest BCUT2D eigenvalue weighted by molar-refractivity contribution is 8.00. The second kappa shape index (κ2) is 9.14. The number of thioether (sulfide) groups is 1. The minimum absolute atomic E-state index is 0.167. The van der Waals surface area contributed by atoms with Crippen LogP contribution in [0.1, 0.15) is 41.1 Å². The molecule has 1 amide bonds. The fourth-order valence-electron chi connectivity index (χ4n) is 3.65. The highest BCUT2D eigenvalue weighted by Crippen LogP contribution is 2.40. The van der Waals surface area contributed by atoms with Gasteiger partial charge in [-0.1, -0.05) is 36.9 Å². The first-order valence-electron chi connectivity index (χ1n) is 10.0. The van der Waals surface area contributed by atoms with Crippen LogP contribution in [0.25, 0.3) is 10.9 Å². The van der Waals surface area contributed by atoms with Gasteiger partial charge in [0.2, 0.25) is 5.91 Å². The Bertz CT molecular complexity index is 1090. The van der Waals surface area contributed by atoms with E-state index in [2.05, 4.69) is 22.2 Å². The van der Waals surface area contributed by atoms with Crippen LogP contribution >= 0.6 is 23.1 Å². The zero-order valence-electron chi connectivity index (χ0n) is 16.9. The maximum Gasteiger partial charge on any atom is 0.341 e. The Morgan fingerprint density at radius 1 is 1.30 bits per heavy atom. The van der Waals surface area contributed by atoms with Crippen LogP contribution in [0.2, 0.25) is 0 Å². The van der Waals surface area contributed by atoms with E-state index in [1.807, 2.05) is 24.3 Å². The second-order valence-electron chi connectivity index (χ2n) is 7.31. The smallest absolute Gasteiger partial charge is 0.341 e. The van der Waals surface area contributed by atoms with Crippen molar-refractivity contribution >= 4 is 50.9 Å². The molecule has 0 radical (unpaired) electrons. The zero-order valence-corrected chi connectivity index (χ0v) is 18.6. The van der Waals surface area contributed by atoms with E-state index in [1.54, 1.807) is 6.92 Å². The second-order valence-corrected chi connectivity index (χ2v) is 9.38. The third-order valence-corrected chi connectivity index (χ3v) is 7.27. The predicted octanol–water partition coefficient (Wildman–Crippen LogP) is 4.72. The molecule has 30 heavy (non-hydrogen) atoms. The third-order valence-electron chi connectivity index (χ3n) is 5.09. The fraction of sp³-hybridized carbons (Fsp3) is 0.364. The SMILES string of the molecule is CCOC(=O)c1c(NC(=O)CSc2ncnc3ccccc23)sc2c1CC[C@@H](C)C2. The summed E-state index contributed by atoms with van der Waals surface area (Å²) in [6, 6.07) is 7.72. The number of amides is 1.